The van der Waals surface area contributed by atoms with Crippen molar-refractivity contribution in [2.75, 3.05) is 6.61 Å². The van der Waals surface area contributed by atoms with Crippen molar-refractivity contribution < 1.29 is 17.9 Å². The van der Waals surface area contributed by atoms with Gasteiger partial charge in [0.2, 0.25) is 15.9 Å². The summed E-state index contributed by atoms with van der Waals surface area (Å²) in [6.45, 7) is 3.76. The molecule has 1 fully saturated rings. The molecule has 1 amide bonds. The molecule has 116 valence electrons. The highest BCUT2D eigenvalue weighted by Gasteiger charge is 2.23. The van der Waals surface area contributed by atoms with Gasteiger partial charge in [0.25, 0.3) is 0 Å². The first-order valence-corrected chi connectivity index (χ1v) is 8.38. The van der Waals surface area contributed by atoms with E-state index in [1.165, 1.54) is 12.1 Å². The van der Waals surface area contributed by atoms with Crippen molar-refractivity contribution in [2.24, 2.45) is 5.14 Å². The Labute approximate surface area is 124 Å². The molecule has 0 heterocycles. The number of nitrogens with two attached hydrogens (primary N) is 1. The van der Waals surface area contributed by atoms with Crippen LogP contribution >= 0.6 is 0 Å². The summed E-state index contributed by atoms with van der Waals surface area (Å²) in [4.78, 5) is 11.6. The van der Waals surface area contributed by atoms with Crippen LogP contribution in [0.25, 0.3) is 0 Å². The summed E-state index contributed by atoms with van der Waals surface area (Å²) >= 11 is 0. The molecule has 0 saturated heterocycles. The largest absolute Gasteiger partial charge is 0.493 e. The van der Waals surface area contributed by atoms with Crippen LogP contribution in [0.5, 0.6) is 5.75 Å². The lowest BCUT2D eigenvalue weighted by molar-refractivity contribution is -0.121. The zero-order chi connectivity index (χ0) is 15.6. The molecule has 1 saturated carbocycles. The number of rotatable bonds is 6. The van der Waals surface area contributed by atoms with Gasteiger partial charge in [0, 0.05) is 6.04 Å². The van der Waals surface area contributed by atoms with Gasteiger partial charge in [-0.1, -0.05) is 0 Å². The fraction of sp³-hybridized carbons (Fsp3) is 0.500. The van der Waals surface area contributed by atoms with Crippen LogP contribution < -0.4 is 15.2 Å². The quantitative estimate of drug-likeness (QED) is 0.818. The Morgan fingerprint density at radius 1 is 1.33 bits per heavy atom. The fourth-order valence-corrected chi connectivity index (χ4v) is 2.76. The third-order valence-corrected chi connectivity index (χ3v) is 4.17. The normalized spacial score (nSPS) is 14.8. The van der Waals surface area contributed by atoms with Crippen molar-refractivity contribution in [1.82, 2.24) is 5.32 Å². The molecule has 6 nitrogen and oxygen atoms in total. The zero-order valence-corrected chi connectivity index (χ0v) is 13.0. The Hall–Kier alpha value is -1.60. The Bertz CT molecular complexity index is 628. The molecule has 2 rings (SSSR count). The zero-order valence-electron chi connectivity index (χ0n) is 12.2. The minimum Gasteiger partial charge on any atom is -0.493 e. The van der Waals surface area contributed by atoms with Gasteiger partial charge in [-0.25, -0.2) is 13.6 Å². The van der Waals surface area contributed by atoms with Crippen molar-refractivity contribution in [2.45, 2.75) is 44.0 Å². The number of nitrogens with one attached hydrogen (secondary N) is 1. The minimum atomic E-state index is -3.72. The van der Waals surface area contributed by atoms with Crippen molar-refractivity contribution in [3.63, 3.8) is 0 Å². The second-order valence-corrected chi connectivity index (χ2v) is 6.93. The van der Waals surface area contributed by atoms with Crippen molar-refractivity contribution in [1.29, 1.82) is 0 Å². The van der Waals surface area contributed by atoms with Gasteiger partial charge in [-0.05, 0) is 49.9 Å². The Balaban J connectivity index is 1.98. The van der Waals surface area contributed by atoms with Gasteiger partial charge in [0.05, 0.1) is 17.9 Å². The SMILES string of the molecule is Cc1cc(S(N)(=O)=O)cc(C)c1OCCC(=O)NC1CC1. The molecule has 0 aliphatic heterocycles. The summed E-state index contributed by atoms with van der Waals surface area (Å²) in [5.74, 6) is 0.579. The first kappa shape index (κ1) is 15.8. The number of sulfonamides is 1. The summed E-state index contributed by atoms with van der Waals surface area (Å²) in [6.07, 6.45) is 2.39. The number of benzene rings is 1. The number of carbonyl (C=O) groups excluding carboxylic acids is 1. The molecule has 1 aliphatic carbocycles. The Morgan fingerprint density at radius 3 is 2.38 bits per heavy atom. The van der Waals surface area contributed by atoms with Gasteiger partial charge in [-0.15, -0.1) is 0 Å². The van der Waals surface area contributed by atoms with Gasteiger partial charge < -0.3 is 10.1 Å². The smallest absolute Gasteiger partial charge is 0.238 e. The average Bonchev–Trinajstić information content (AvgIpc) is 3.15. The van der Waals surface area contributed by atoms with E-state index in [0.29, 0.717) is 22.9 Å². The lowest BCUT2D eigenvalue weighted by atomic mass is 10.1. The van der Waals surface area contributed by atoms with Crippen molar-refractivity contribution >= 4 is 15.9 Å². The van der Waals surface area contributed by atoms with Crippen LogP contribution in [0.1, 0.15) is 30.4 Å². The van der Waals surface area contributed by atoms with Crippen LogP contribution in [0.4, 0.5) is 0 Å². The van der Waals surface area contributed by atoms with Crippen LogP contribution in [0.15, 0.2) is 17.0 Å². The van der Waals surface area contributed by atoms with Crippen LogP contribution in [0.3, 0.4) is 0 Å². The van der Waals surface area contributed by atoms with E-state index in [1.807, 2.05) is 0 Å². The van der Waals surface area contributed by atoms with E-state index in [2.05, 4.69) is 5.32 Å². The fourth-order valence-electron chi connectivity index (χ4n) is 2.08. The topological polar surface area (TPSA) is 98.5 Å². The average molecular weight is 312 g/mol. The molecule has 1 aromatic carbocycles. The van der Waals surface area contributed by atoms with Crippen molar-refractivity contribution in [3.8, 4) is 5.75 Å². The molecule has 0 unspecified atom stereocenters. The standard InChI is InChI=1S/C14H20N2O4S/c1-9-7-12(21(15,18)19)8-10(2)14(9)20-6-5-13(17)16-11-3-4-11/h7-8,11H,3-6H2,1-2H3,(H,16,17)(H2,15,18,19). The summed E-state index contributed by atoms with van der Waals surface area (Å²) in [5, 5.41) is 8.00. The Kier molecular flexibility index (Phi) is 4.53. The number of hydrogen-bond acceptors (Lipinski definition) is 4. The highest BCUT2D eigenvalue weighted by atomic mass is 32.2. The first-order chi connectivity index (χ1) is 9.77. The monoisotopic (exact) mass is 312 g/mol. The van der Waals surface area contributed by atoms with Crippen molar-refractivity contribution in [3.05, 3.63) is 23.3 Å². The molecule has 0 radical (unpaired) electrons. The number of hydrogen-bond donors (Lipinski definition) is 2. The summed E-state index contributed by atoms with van der Waals surface area (Å²) in [6, 6.07) is 3.29. The van der Waals surface area contributed by atoms with E-state index in [0.717, 1.165) is 12.8 Å². The lowest BCUT2D eigenvalue weighted by Crippen LogP contribution is -2.26. The molecule has 7 heteroatoms. The maximum Gasteiger partial charge on any atom is 0.238 e. The molecule has 0 aromatic heterocycles. The highest BCUT2D eigenvalue weighted by molar-refractivity contribution is 7.89. The van der Waals surface area contributed by atoms with Gasteiger partial charge in [-0.2, -0.15) is 0 Å². The third kappa shape index (κ3) is 4.44. The van der Waals surface area contributed by atoms with Crippen LogP contribution in [0, 0.1) is 13.8 Å². The molecule has 1 aromatic rings. The summed E-state index contributed by atoms with van der Waals surface area (Å²) < 4.78 is 28.3. The van der Waals surface area contributed by atoms with Gasteiger partial charge in [0.15, 0.2) is 0 Å². The number of ether oxygens (including phenoxy) is 1. The molecular weight excluding hydrogens is 292 g/mol. The lowest BCUT2D eigenvalue weighted by Gasteiger charge is -2.13. The van der Waals surface area contributed by atoms with Gasteiger partial charge in [0.1, 0.15) is 5.75 Å². The van der Waals surface area contributed by atoms with E-state index in [-0.39, 0.29) is 23.8 Å². The first-order valence-electron chi connectivity index (χ1n) is 6.83. The maximum absolute atomic E-state index is 11.6. The van der Waals surface area contributed by atoms with E-state index in [1.54, 1.807) is 13.8 Å². The predicted molar refractivity (Wildman–Crippen MR) is 78.6 cm³/mol. The second-order valence-electron chi connectivity index (χ2n) is 5.37. The molecule has 0 bridgehead atoms. The molecule has 3 N–H and O–H groups in total. The van der Waals surface area contributed by atoms with E-state index in [9.17, 15) is 13.2 Å². The Morgan fingerprint density at radius 2 is 1.90 bits per heavy atom. The number of carbonyl (C=O) groups is 1. The second kappa shape index (κ2) is 6.03. The van der Waals surface area contributed by atoms with Crippen LogP contribution in [-0.4, -0.2) is 27.0 Å². The maximum atomic E-state index is 11.6. The van der Waals surface area contributed by atoms with E-state index in [4.69, 9.17) is 9.88 Å². The summed E-state index contributed by atoms with van der Waals surface area (Å²) in [7, 11) is -3.72. The van der Waals surface area contributed by atoms with E-state index >= 15 is 0 Å². The third-order valence-electron chi connectivity index (χ3n) is 3.28. The number of aryl methyl sites for hydroxylation is 2. The molecular formula is C14H20N2O4S. The van der Waals surface area contributed by atoms with Gasteiger partial charge >= 0.3 is 0 Å². The minimum absolute atomic E-state index is 0.0195. The molecule has 0 atom stereocenters. The predicted octanol–water partition coefficient (Wildman–Crippen LogP) is 0.998. The molecule has 21 heavy (non-hydrogen) atoms. The number of amides is 1. The van der Waals surface area contributed by atoms with E-state index < -0.39 is 10.0 Å². The molecule has 1 aliphatic rings. The van der Waals surface area contributed by atoms with Gasteiger partial charge in [-0.3, -0.25) is 4.79 Å². The highest BCUT2D eigenvalue weighted by Crippen LogP contribution is 2.26. The molecule has 0 spiro atoms. The van der Waals surface area contributed by atoms with Crippen LogP contribution in [-0.2, 0) is 14.8 Å². The number of primary sulfonamides is 1. The summed E-state index contributed by atoms with van der Waals surface area (Å²) in [5.41, 5.74) is 1.36. The van der Waals surface area contributed by atoms with Crippen LogP contribution in [0.2, 0.25) is 0 Å².